The number of carbonyl (C=O) groups is 1. The highest BCUT2D eigenvalue weighted by molar-refractivity contribution is 5.93. The van der Waals surface area contributed by atoms with Gasteiger partial charge in [0.05, 0.1) is 5.69 Å². The van der Waals surface area contributed by atoms with Crippen LogP contribution >= 0.6 is 0 Å². The molecule has 3 aromatic rings. The minimum atomic E-state index is 0.0547. The highest BCUT2D eigenvalue weighted by atomic mass is 16.2. The number of carbonyl (C=O) groups excluding carboxylic acids is 1. The summed E-state index contributed by atoms with van der Waals surface area (Å²) in [6, 6.07) is 10.1. The predicted octanol–water partition coefficient (Wildman–Crippen LogP) is 2.41. The van der Waals surface area contributed by atoms with E-state index in [0.717, 1.165) is 24.2 Å². The van der Waals surface area contributed by atoms with Crippen molar-refractivity contribution >= 4 is 16.8 Å². The molecule has 3 heterocycles. The predicted molar refractivity (Wildman–Crippen MR) is 84.7 cm³/mol. The van der Waals surface area contributed by atoms with Crippen LogP contribution in [0.3, 0.4) is 0 Å². The Morgan fingerprint density at radius 1 is 1.32 bits per heavy atom. The Hall–Kier alpha value is -2.56. The lowest BCUT2D eigenvalue weighted by Crippen LogP contribution is -2.36. The summed E-state index contributed by atoms with van der Waals surface area (Å²) < 4.78 is 1.67. The Morgan fingerprint density at radius 2 is 2.14 bits per heavy atom. The van der Waals surface area contributed by atoms with Crippen molar-refractivity contribution < 1.29 is 4.79 Å². The van der Waals surface area contributed by atoms with Gasteiger partial charge in [-0.2, -0.15) is 5.10 Å². The van der Waals surface area contributed by atoms with E-state index in [4.69, 9.17) is 0 Å². The van der Waals surface area contributed by atoms with Crippen molar-refractivity contribution in [2.45, 2.75) is 19.9 Å². The van der Waals surface area contributed by atoms with Gasteiger partial charge in [-0.05, 0) is 19.1 Å². The second kappa shape index (κ2) is 4.73. The Balaban J connectivity index is 1.69. The first-order valence-corrected chi connectivity index (χ1v) is 7.52. The number of benzene rings is 1. The molecule has 112 valence electrons. The van der Waals surface area contributed by atoms with Gasteiger partial charge in [-0.3, -0.25) is 9.48 Å². The van der Waals surface area contributed by atoms with Gasteiger partial charge < -0.3 is 9.88 Å². The van der Waals surface area contributed by atoms with E-state index in [2.05, 4.69) is 22.2 Å². The van der Waals surface area contributed by atoms with Crippen molar-refractivity contribution in [3.8, 4) is 0 Å². The lowest BCUT2D eigenvalue weighted by Gasteiger charge is -2.27. The van der Waals surface area contributed by atoms with Gasteiger partial charge >= 0.3 is 0 Å². The van der Waals surface area contributed by atoms with Gasteiger partial charge in [0.1, 0.15) is 5.69 Å². The first-order chi connectivity index (χ1) is 10.6. The van der Waals surface area contributed by atoms with Crippen LogP contribution in [0.15, 0.2) is 30.3 Å². The van der Waals surface area contributed by atoms with E-state index >= 15 is 0 Å². The minimum Gasteiger partial charge on any atom is -0.358 e. The standard InChI is InChI=1S/C17H18N4O/c1-11-9-16(20(2)19-11)17(22)21-8-7-15-13(10-21)12-5-3-4-6-14(12)18-15/h3-6,9,18H,7-8,10H2,1-2H3. The van der Waals surface area contributed by atoms with Crippen molar-refractivity contribution in [3.63, 3.8) is 0 Å². The summed E-state index contributed by atoms with van der Waals surface area (Å²) in [5.74, 6) is 0.0547. The molecule has 0 saturated heterocycles. The number of rotatable bonds is 1. The Kier molecular flexibility index (Phi) is 2.82. The number of amides is 1. The number of para-hydroxylation sites is 1. The molecule has 2 aromatic heterocycles. The molecular formula is C17H18N4O. The van der Waals surface area contributed by atoms with E-state index in [9.17, 15) is 4.79 Å². The zero-order valence-corrected chi connectivity index (χ0v) is 12.8. The van der Waals surface area contributed by atoms with Crippen LogP contribution in [0.1, 0.15) is 27.4 Å². The fourth-order valence-electron chi connectivity index (χ4n) is 3.31. The van der Waals surface area contributed by atoms with Crippen molar-refractivity contribution in [1.29, 1.82) is 0 Å². The zero-order valence-electron chi connectivity index (χ0n) is 12.8. The molecule has 0 fully saturated rings. The zero-order chi connectivity index (χ0) is 15.3. The summed E-state index contributed by atoms with van der Waals surface area (Å²) in [5, 5.41) is 5.49. The van der Waals surface area contributed by atoms with E-state index in [1.54, 1.807) is 4.68 Å². The molecule has 1 aliphatic rings. The number of hydrogen-bond donors (Lipinski definition) is 1. The number of hydrogen-bond acceptors (Lipinski definition) is 2. The third kappa shape index (κ3) is 1.93. The maximum Gasteiger partial charge on any atom is 0.272 e. The summed E-state index contributed by atoms with van der Waals surface area (Å²) in [6.45, 7) is 3.30. The number of nitrogens with one attached hydrogen (secondary N) is 1. The quantitative estimate of drug-likeness (QED) is 0.749. The highest BCUT2D eigenvalue weighted by Gasteiger charge is 2.26. The van der Waals surface area contributed by atoms with Crippen LogP contribution in [0.5, 0.6) is 0 Å². The van der Waals surface area contributed by atoms with E-state index < -0.39 is 0 Å². The van der Waals surface area contributed by atoms with E-state index in [1.807, 2.05) is 37.1 Å². The van der Waals surface area contributed by atoms with Crippen LogP contribution in [0.4, 0.5) is 0 Å². The van der Waals surface area contributed by atoms with Crippen LogP contribution in [0, 0.1) is 6.92 Å². The molecule has 0 atom stereocenters. The van der Waals surface area contributed by atoms with E-state index in [-0.39, 0.29) is 5.91 Å². The lowest BCUT2D eigenvalue weighted by atomic mass is 10.0. The van der Waals surface area contributed by atoms with Gasteiger partial charge in [-0.15, -0.1) is 0 Å². The molecule has 0 unspecified atom stereocenters. The van der Waals surface area contributed by atoms with Crippen molar-refractivity contribution in [2.24, 2.45) is 7.05 Å². The average Bonchev–Trinajstić information content (AvgIpc) is 3.05. The molecule has 0 radical (unpaired) electrons. The number of nitrogens with zero attached hydrogens (tertiary/aromatic N) is 3. The molecule has 22 heavy (non-hydrogen) atoms. The largest absolute Gasteiger partial charge is 0.358 e. The van der Waals surface area contributed by atoms with Crippen LogP contribution in [0.2, 0.25) is 0 Å². The molecule has 5 heteroatoms. The average molecular weight is 294 g/mol. The molecule has 1 amide bonds. The molecule has 1 aliphatic heterocycles. The fraction of sp³-hybridized carbons (Fsp3) is 0.294. The fourth-order valence-corrected chi connectivity index (χ4v) is 3.31. The van der Waals surface area contributed by atoms with Crippen molar-refractivity contribution in [3.05, 3.63) is 53.0 Å². The molecule has 0 bridgehead atoms. The Labute approximate surface area is 128 Å². The van der Waals surface area contributed by atoms with E-state index in [1.165, 1.54) is 16.6 Å². The maximum atomic E-state index is 12.8. The minimum absolute atomic E-state index is 0.0547. The topological polar surface area (TPSA) is 53.9 Å². The molecule has 1 aromatic carbocycles. The smallest absolute Gasteiger partial charge is 0.272 e. The first kappa shape index (κ1) is 13.1. The van der Waals surface area contributed by atoms with Gasteiger partial charge in [0.25, 0.3) is 5.91 Å². The summed E-state index contributed by atoms with van der Waals surface area (Å²) in [6.07, 6.45) is 0.868. The lowest BCUT2D eigenvalue weighted by molar-refractivity contribution is 0.0724. The van der Waals surface area contributed by atoms with Crippen molar-refractivity contribution in [1.82, 2.24) is 19.7 Å². The van der Waals surface area contributed by atoms with Gasteiger partial charge in [0.2, 0.25) is 0 Å². The molecule has 0 saturated carbocycles. The maximum absolute atomic E-state index is 12.8. The second-order valence-corrected chi connectivity index (χ2v) is 5.90. The van der Waals surface area contributed by atoms with Gasteiger partial charge in [-0.1, -0.05) is 18.2 Å². The normalized spacial score (nSPS) is 14.4. The number of aromatic amines is 1. The van der Waals surface area contributed by atoms with Crippen LogP contribution in [-0.4, -0.2) is 32.1 Å². The third-order valence-corrected chi connectivity index (χ3v) is 4.39. The molecular weight excluding hydrogens is 276 g/mol. The summed E-state index contributed by atoms with van der Waals surface area (Å²) in [4.78, 5) is 18.1. The summed E-state index contributed by atoms with van der Waals surface area (Å²) >= 11 is 0. The summed E-state index contributed by atoms with van der Waals surface area (Å²) in [7, 11) is 1.82. The van der Waals surface area contributed by atoms with Gasteiger partial charge in [-0.25, -0.2) is 0 Å². The molecule has 1 N–H and O–H groups in total. The van der Waals surface area contributed by atoms with Crippen LogP contribution in [-0.2, 0) is 20.0 Å². The third-order valence-electron chi connectivity index (χ3n) is 4.39. The molecule has 4 rings (SSSR count). The summed E-state index contributed by atoms with van der Waals surface area (Å²) in [5.41, 5.74) is 5.18. The Morgan fingerprint density at radius 3 is 2.91 bits per heavy atom. The molecule has 0 aliphatic carbocycles. The molecule has 5 nitrogen and oxygen atoms in total. The Bertz CT molecular complexity index is 874. The second-order valence-electron chi connectivity index (χ2n) is 5.90. The number of aromatic nitrogens is 3. The van der Waals surface area contributed by atoms with Crippen molar-refractivity contribution in [2.75, 3.05) is 6.54 Å². The van der Waals surface area contributed by atoms with E-state index in [0.29, 0.717) is 12.2 Å². The molecule has 0 spiro atoms. The SMILES string of the molecule is Cc1cc(C(=O)N2CCc3[nH]c4ccccc4c3C2)n(C)n1. The van der Waals surface area contributed by atoms with Gasteiger partial charge in [0, 0.05) is 48.7 Å². The highest BCUT2D eigenvalue weighted by Crippen LogP contribution is 2.28. The number of fused-ring (bicyclic) bond motifs is 3. The number of aryl methyl sites for hydroxylation is 2. The van der Waals surface area contributed by atoms with Crippen LogP contribution < -0.4 is 0 Å². The number of H-pyrrole nitrogens is 1. The van der Waals surface area contributed by atoms with Gasteiger partial charge in [0.15, 0.2) is 0 Å². The first-order valence-electron chi connectivity index (χ1n) is 7.52. The monoisotopic (exact) mass is 294 g/mol. The van der Waals surface area contributed by atoms with Crippen LogP contribution in [0.25, 0.3) is 10.9 Å².